The smallest absolute Gasteiger partial charge is 0.123 e. The van der Waals surface area contributed by atoms with Crippen molar-refractivity contribution in [2.24, 2.45) is 5.73 Å². The number of benzene rings is 1. The zero-order chi connectivity index (χ0) is 12.3. The Labute approximate surface area is 100 Å². The Morgan fingerprint density at radius 3 is 2.65 bits per heavy atom. The monoisotopic (exact) mass is 233 g/mol. The molecule has 1 aromatic heterocycles. The molecule has 0 saturated heterocycles. The highest BCUT2D eigenvalue weighted by atomic mass is 19.1. The third-order valence-electron chi connectivity index (χ3n) is 2.82. The molecule has 17 heavy (non-hydrogen) atoms. The maximum absolute atomic E-state index is 12.8. The van der Waals surface area contributed by atoms with Gasteiger partial charge in [-0.2, -0.15) is 0 Å². The van der Waals surface area contributed by atoms with Crippen molar-refractivity contribution in [3.05, 3.63) is 53.9 Å². The van der Waals surface area contributed by atoms with E-state index < -0.39 is 0 Å². The summed E-state index contributed by atoms with van der Waals surface area (Å²) in [7, 11) is 0. The molecule has 1 unspecified atom stereocenters. The molecule has 0 aliphatic heterocycles. The number of halogens is 1. The fourth-order valence-electron chi connectivity index (χ4n) is 1.79. The van der Waals surface area contributed by atoms with Gasteiger partial charge in [0.05, 0.1) is 12.0 Å². The second kappa shape index (κ2) is 5.10. The van der Waals surface area contributed by atoms with Gasteiger partial charge in [0, 0.05) is 18.8 Å². The number of hydrogen-bond donors (Lipinski definition) is 1. The van der Waals surface area contributed by atoms with Gasteiger partial charge in [-0.1, -0.05) is 12.1 Å². The quantitative estimate of drug-likeness (QED) is 0.880. The van der Waals surface area contributed by atoms with E-state index in [9.17, 15) is 4.39 Å². The predicted octanol–water partition coefficient (Wildman–Crippen LogP) is 2.28. The highest BCUT2D eigenvalue weighted by Crippen LogP contribution is 2.14. The summed E-state index contributed by atoms with van der Waals surface area (Å²) in [5, 5.41) is 0. The molecule has 0 radical (unpaired) electrons. The van der Waals surface area contributed by atoms with Crippen molar-refractivity contribution in [1.29, 1.82) is 0 Å². The van der Waals surface area contributed by atoms with E-state index in [0.717, 1.165) is 17.7 Å². The van der Waals surface area contributed by atoms with E-state index in [2.05, 4.69) is 11.9 Å². The van der Waals surface area contributed by atoms with Crippen LogP contribution in [-0.2, 0) is 13.0 Å². The summed E-state index contributed by atoms with van der Waals surface area (Å²) in [6.45, 7) is 2.56. The Morgan fingerprint density at radius 1 is 1.35 bits per heavy atom. The maximum atomic E-state index is 12.8. The highest BCUT2D eigenvalue weighted by molar-refractivity contribution is 5.17. The van der Waals surface area contributed by atoms with Gasteiger partial charge in [0.1, 0.15) is 5.82 Å². The first-order valence-electron chi connectivity index (χ1n) is 5.66. The van der Waals surface area contributed by atoms with E-state index in [1.54, 1.807) is 6.33 Å². The van der Waals surface area contributed by atoms with Crippen LogP contribution in [0.3, 0.4) is 0 Å². The molecular formula is C13H16FN3. The fourth-order valence-corrected chi connectivity index (χ4v) is 1.79. The molecule has 1 heterocycles. The average Bonchev–Trinajstić information content (AvgIpc) is 2.81. The molecule has 0 aliphatic rings. The lowest BCUT2D eigenvalue weighted by atomic mass is 10.1. The number of aromatic nitrogens is 2. The Kier molecular flexibility index (Phi) is 3.54. The van der Waals surface area contributed by atoms with E-state index in [-0.39, 0.29) is 11.9 Å². The molecule has 0 aliphatic carbocycles. The van der Waals surface area contributed by atoms with Crippen LogP contribution < -0.4 is 5.73 Å². The summed E-state index contributed by atoms with van der Waals surface area (Å²) in [5.74, 6) is -0.200. The first-order valence-corrected chi connectivity index (χ1v) is 5.66. The molecule has 1 atom stereocenters. The molecule has 2 N–H and O–H groups in total. The number of nitrogens with two attached hydrogens (primary N) is 1. The summed E-state index contributed by atoms with van der Waals surface area (Å²) in [6.07, 6.45) is 4.59. The molecule has 2 rings (SSSR count). The van der Waals surface area contributed by atoms with Crippen molar-refractivity contribution in [3.8, 4) is 0 Å². The van der Waals surface area contributed by atoms with Crippen LogP contribution in [0, 0.1) is 5.82 Å². The van der Waals surface area contributed by atoms with E-state index in [1.165, 1.54) is 12.1 Å². The third-order valence-corrected chi connectivity index (χ3v) is 2.82. The zero-order valence-electron chi connectivity index (χ0n) is 9.81. The molecule has 1 aromatic carbocycles. The largest absolute Gasteiger partial charge is 0.334 e. The van der Waals surface area contributed by atoms with Gasteiger partial charge in [0.2, 0.25) is 0 Å². The first kappa shape index (κ1) is 11.8. The molecule has 2 aromatic rings. The molecule has 90 valence electrons. The van der Waals surface area contributed by atoms with Gasteiger partial charge in [0.25, 0.3) is 0 Å². The summed E-state index contributed by atoms with van der Waals surface area (Å²) in [4.78, 5) is 4.19. The minimum atomic E-state index is -0.200. The number of rotatable bonds is 4. The first-order chi connectivity index (χ1) is 8.19. The second-order valence-corrected chi connectivity index (χ2v) is 4.20. The predicted molar refractivity (Wildman–Crippen MR) is 64.9 cm³/mol. The van der Waals surface area contributed by atoms with Gasteiger partial charge in [-0.25, -0.2) is 9.37 Å². The van der Waals surface area contributed by atoms with Crippen LogP contribution in [0.2, 0.25) is 0 Å². The molecule has 0 spiro atoms. The normalized spacial score (nSPS) is 12.6. The zero-order valence-corrected chi connectivity index (χ0v) is 9.81. The van der Waals surface area contributed by atoms with E-state index in [4.69, 9.17) is 5.73 Å². The topological polar surface area (TPSA) is 43.8 Å². The lowest BCUT2D eigenvalue weighted by Crippen LogP contribution is -2.06. The summed E-state index contributed by atoms with van der Waals surface area (Å²) in [5.41, 5.74) is 7.51. The summed E-state index contributed by atoms with van der Waals surface area (Å²) in [6, 6.07) is 6.88. The van der Waals surface area contributed by atoms with Crippen LogP contribution in [0.5, 0.6) is 0 Å². The molecule has 0 saturated carbocycles. The second-order valence-electron chi connectivity index (χ2n) is 4.20. The van der Waals surface area contributed by atoms with Crippen molar-refractivity contribution in [2.45, 2.75) is 25.9 Å². The molecular weight excluding hydrogens is 217 g/mol. The van der Waals surface area contributed by atoms with Crippen LogP contribution in [-0.4, -0.2) is 9.55 Å². The molecule has 3 nitrogen and oxygen atoms in total. The van der Waals surface area contributed by atoms with Crippen LogP contribution >= 0.6 is 0 Å². The Bertz CT molecular complexity index is 476. The average molecular weight is 233 g/mol. The molecule has 0 bridgehead atoms. The van der Waals surface area contributed by atoms with Gasteiger partial charge in [-0.05, 0) is 31.0 Å². The van der Waals surface area contributed by atoms with Gasteiger partial charge >= 0.3 is 0 Å². The van der Waals surface area contributed by atoms with Crippen molar-refractivity contribution >= 4 is 0 Å². The van der Waals surface area contributed by atoms with Crippen LogP contribution in [0.4, 0.5) is 4.39 Å². The van der Waals surface area contributed by atoms with Crippen molar-refractivity contribution in [2.75, 3.05) is 0 Å². The third kappa shape index (κ3) is 2.91. The van der Waals surface area contributed by atoms with Crippen molar-refractivity contribution in [3.63, 3.8) is 0 Å². The number of nitrogens with zero attached hydrogens (tertiary/aromatic N) is 2. The standard InChI is InChI=1S/C13H16FN3/c1-10(17-8-13(7-15)16-9-17)6-11-2-4-12(14)5-3-11/h2-5,8-10H,6-7,15H2,1H3. The van der Waals surface area contributed by atoms with Gasteiger partial charge in [-0.3, -0.25) is 0 Å². The SMILES string of the molecule is CC(Cc1ccc(F)cc1)n1cnc(CN)c1. The van der Waals surface area contributed by atoms with E-state index in [0.29, 0.717) is 6.54 Å². The van der Waals surface area contributed by atoms with Crippen LogP contribution in [0.15, 0.2) is 36.8 Å². The number of imidazole rings is 1. The van der Waals surface area contributed by atoms with Gasteiger partial charge in [0.15, 0.2) is 0 Å². The van der Waals surface area contributed by atoms with Crippen molar-refractivity contribution < 1.29 is 4.39 Å². The van der Waals surface area contributed by atoms with Crippen LogP contribution in [0.25, 0.3) is 0 Å². The Balaban J connectivity index is 2.05. The van der Waals surface area contributed by atoms with Crippen molar-refractivity contribution in [1.82, 2.24) is 9.55 Å². The van der Waals surface area contributed by atoms with Crippen LogP contribution in [0.1, 0.15) is 24.2 Å². The van der Waals surface area contributed by atoms with Gasteiger partial charge < -0.3 is 10.3 Å². The van der Waals surface area contributed by atoms with E-state index >= 15 is 0 Å². The maximum Gasteiger partial charge on any atom is 0.123 e. The Morgan fingerprint density at radius 2 is 2.06 bits per heavy atom. The minimum Gasteiger partial charge on any atom is -0.334 e. The highest BCUT2D eigenvalue weighted by Gasteiger charge is 2.07. The number of hydrogen-bond acceptors (Lipinski definition) is 2. The lowest BCUT2D eigenvalue weighted by molar-refractivity contribution is 0.542. The minimum absolute atomic E-state index is 0.200. The summed E-state index contributed by atoms with van der Waals surface area (Å²) >= 11 is 0. The molecule has 0 fully saturated rings. The van der Waals surface area contributed by atoms with Gasteiger partial charge in [-0.15, -0.1) is 0 Å². The van der Waals surface area contributed by atoms with E-state index in [1.807, 2.05) is 22.9 Å². The summed E-state index contributed by atoms with van der Waals surface area (Å²) < 4.78 is 14.8. The fraction of sp³-hybridized carbons (Fsp3) is 0.308. The Hall–Kier alpha value is -1.68. The lowest BCUT2D eigenvalue weighted by Gasteiger charge is -2.12. The molecule has 0 amide bonds. The molecule has 4 heteroatoms.